The lowest BCUT2D eigenvalue weighted by Gasteiger charge is -2.16. The zero-order valence-corrected chi connectivity index (χ0v) is 21.0. The van der Waals surface area contributed by atoms with Crippen molar-refractivity contribution in [2.24, 2.45) is 0 Å². The number of ether oxygens (including phenoxy) is 3. The Morgan fingerprint density at radius 1 is 1.21 bits per heavy atom. The van der Waals surface area contributed by atoms with E-state index in [0.717, 1.165) is 36.1 Å². The van der Waals surface area contributed by atoms with Gasteiger partial charge in [0.05, 0.1) is 18.9 Å². The van der Waals surface area contributed by atoms with Crippen LogP contribution in [0.2, 0.25) is 5.02 Å². The molecule has 0 saturated carbocycles. The van der Waals surface area contributed by atoms with E-state index in [2.05, 4.69) is 42.9 Å². The molecule has 0 fully saturated rings. The summed E-state index contributed by atoms with van der Waals surface area (Å²) in [7, 11) is 0. The van der Waals surface area contributed by atoms with Crippen LogP contribution in [0, 0.1) is 0 Å². The third-order valence-electron chi connectivity index (χ3n) is 5.13. The predicted octanol–water partition coefficient (Wildman–Crippen LogP) is 5.80. The van der Waals surface area contributed by atoms with E-state index in [-0.39, 0.29) is 11.4 Å². The summed E-state index contributed by atoms with van der Waals surface area (Å²) in [5, 5.41) is 8.37. The molecule has 0 atom stereocenters. The smallest absolute Gasteiger partial charge is 0.310 e. The van der Waals surface area contributed by atoms with Gasteiger partial charge in [-0.05, 0) is 18.1 Å². The van der Waals surface area contributed by atoms with Crippen molar-refractivity contribution in [3.05, 3.63) is 53.1 Å². The van der Waals surface area contributed by atoms with E-state index in [1.165, 1.54) is 12.5 Å². The first kappa shape index (κ1) is 25.8. The van der Waals surface area contributed by atoms with Crippen LogP contribution in [0.25, 0.3) is 17.0 Å². The van der Waals surface area contributed by atoms with Crippen LogP contribution >= 0.6 is 11.6 Å². The van der Waals surface area contributed by atoms with Gasteiger partial charge in [0.25, 0.3) is 0 Å². The fraction of sp³-hybridized carbons (Fsp3) is 0.480. The van der Waals surface area contributed by atoms with Crippen LogP contribution in [0.1, 0.15) is 64.6 Å². The number of unbranched alkanes of at least 4 members (excludes halogenated alkanes) is 2. The Balaban J connectivity index is 1.45. The van der Waals surface area contributed by atoms with Crippen molar-refractivity contribution in [2.75, 3.05) is 13.2 Å². The third-order valence-corrected chi connectivity index (χ3v) is 5.48. The fourth-order valence-electron chi connectivity index (χ4n) is 3.30. The summed E-state index contributed by atoms with van der Waals surface area (Å²) in [6, 6.07) is 7.87. The first-order valence-corrected chi connectivity index (χ1v) is 11.9. The van der Waals surface area contributed by atoms with Gasteiger partial charge < -0.3 is 14.2 Å². The lowest BCUT2D eigenvalue weighted by Crippen LogP contribution is -2.13. The SMILES string of the molecule is CCCCCC(=O)O/C=C\OCCOCc1cccc(-c2nc3c(Cl)c(C(C)(C)C)[nH]n3n2)c1. The standard InChI is InChI=1S/C25H33ClN4O4/c1-5-6-7-11-20(31)34-15-14-32-12-13-33-17-18-9-8-10-19(16-18)23-27-24-21(26)22(25(2,3)4)28-30(24)29-23/h8-10,14-16,28H,5-7,11-13,17H2,1-4H3/b15-14-. The van der Waals surface area contributed by atoms with E-state index in [1.54, 1.807) is 4.63 Å². The van der Waals surface area contributed by atoms with Crippen LogP contribution in [-0.2, 0) is 31.0 Å². The molecule has 0 aliphatic rings. The summed E-state index contributed by atoms with van der Waals surface area (Å²) in [6.07, 6.45) is 6.00. The number of esters is 1. The van der Waals surface area contributed by atoms with Crippen LogP contribution in [-0.4, -0.2) is 39.0 Å². The van der Waals surface area contributed by atoms with Gasteiger partial charge >= 0.3 is 5.97 Å². The number of fused-ring (bicyclic) bond motifs is 1. The lowest BCUT2D eigenvalue weighted by atomic mass is 9.92. The van der Waals surface area contributed by atoms with Gasteiger partial charge in [0, 0.05) is 17.4 Å². The second-order valence-electron chi connectivity index (χ2n) is 9.06. The molecule has 2 heterocycles. The Morgan fingerprint density at radius 3 is 2.76 bits per heavy atom. The molecule has 0 amide bonds. The van der Waals surface area contributed by atoms with Crippen molar-refractivity contribution in [1.82, 2.24) is 19.8 Å². The van der Waals surface area contributed by atoms with Gasteiger partial charge in [-0.15, -0.1) is 5.10 Å². The highest BCUT2D eigenvalue weighted by molar-refractivity contribution is 6.34. The molecule has 34 heavy (non-hydrogen) atoms. The molecule has 0 aliphatic heterocycles. The first-order chi connectivity index (χ1) is 16.3. The molecule has 0 saturated heterocycles. The summed E-state index contributed by atoms with van der Waals surface area (Å²) in [6.45, 7) is 9.52. The topological polar surface area (TPSA) is 90.7 Å². The van der Waals surface area contributed by atoms with Gasteiger partial charge in [0.1, 0.15) is 24.2 Å². The minimum Gasteiger partial charge on any atom is -0.496 e. The van der Waals surface area contributed by atoms with Crippen LogP contribution in [0.3, 0.4) is 0 Å². The van der Waals surface area contributed by atoms with Crippen LogP contribution in [0.15, 0.2) is 36.8 Å². The first-order valence-electron chi connectivity index (χ1n) is 11.6. The average molecular weight is 489 g/mol. The number of hydrogen-bond donors (Lipinski definition) is 1. The predicted molar refractivity (Wildman–Crippen MR) is 131 cm³/mol. The van der Waals surface area contributed by atoms with E-state index >= 15 is 0 Å². The van der Waals surface area contributed by atoms with E-state index < -0.39 is 0 Å². The van der Waals surface area contributed by atoms with Gasteiger partial charge in [-0.2, -0.15) is 4.63 Å². The molecule has 3 rings (SSSR count). The maximum atomic E-state index is 11.5. The van der Waals surface area contributed by atoms with Gasteiger partial charge in [-0.25, -0.2) is 4.98 Å². The zero-order chi connectivity index (χ0) is 24.6. The number of hydrogen-bond acceptors (Lipinski definition) is 6. The number of carbonyl (C=O) groups excluding carboxylic acids is 1. The average Bonchev–Trinajstić information content (AvgIpc) is 3.35. The molecule has 3 aromatic rings. The largest absolute Gasteiger partial charge is 0.496 e. The fourth-order valence-corrected chi connectivity index (χ4v) is 3.75. The second-order valence-corrected chi connectivity index (χ2v) is 9.44. The molecule has 1 N–H and O–H groups in total. The highest BCUT2D eigenvalue weighted by Crippen LogP contribution is 2.31. The van der Waals surface area contributed by atoms with Gasteiger partial charge in [0.15, 0.2) is 11.5 Å². The molecule has 1 aromatic carbocycles. The summed E-state index contributed by atoms with van der Waals surface area (Å²) in [5.74, 6) is 0.346. The van der Waals surface area contributed by atoms with Crippen LogP contribution in [0.4, 0.5) is 0 Å². The van der Waals surface area contributed by atoms with Crippen molar-refractivity contribution in [1.29, 1.82) is 0 Å². The molecule has 0 spiro atoms. The number of H-pyrrole nitrogens is 1. The number of benzene rings is 1. The van der Waals surface area contributed by atoms with Crippen LogP contribution in [0.5, 0.6) is 0 Å². The molecular weight excluding hydrogens is 456 g/mol. The summed E-state index contributed by atoms with van der Waals surface area (Å²) >= 11 is 6.53. The number of nitrogens with one attached hydrogen (secondary N) is 1. The maximum Gasteiger partial charge on any atom is 0.310 e. The molecule has 0 unspecified atom stereocenters. The number of carbonyl (C=O) groups is 1. The summed E-state index contributed by atoms with van der Waals surface area (Å²) < 4.78 is 17.5. The molecule has 8 nitrogen and oxygen atoms in total. The van der Waals surface area contributed by atoms with Crippen LogP contribution < -0.4 is 0 Å². The number of halogens is 1. The molecule has 0 radical (unpaired) electrons. The van der Waals surface area contributed by atoms with E-state index in [1.807, 2.05) is 24.3 Å². The van der Waals surface area contributed by atoms with Crippen molar-refractivity contribution < 1.29 is 19.0 Å². The van der Waals surface area contributed by atoms with Crippen molar-refractivity contribution >= 4 is 23.2 Å². The lowest BCUT2D eigenvalue weighted by molar-refractivity contribution is -0.138. The number of aromatic nitrogens is 4. The van der Waals surface area contributed by atoms with Gasteiger partial charge in [-0.1, -0.05) is 70.3 Å². The number of nitrogens with zero attached hydrogens (tertiary/aromatic N) is 3. The highest BCUT2D eigenvalue weighted by Gasteiger charge is 2.24. The Bertz CT molecular complexity index is 1110. The summed E-state index contributed by atoms with van der Waals surface area (Å²) in [5.41, 5.74) is 3.26. The van der Waals surface area contributed by atoms with E-state index in [0.29, 0.717) is 42.7 Å². The Labute approximate surface area is 205 Å². The molecule has 0 bridgehead atoms. The minimum atomic E-state index is -0.245. The van der Waals surface area contributed by atoms with E-state index in [9.17, 15) is 4.79 Å². The summed E-state index contributed by atoms with van der Waals surface area (Å²) in [4.78, 5) is 16.1. The number of aromatic amines is 1. The van der Waals surface area contributed by atoms with Gasteiger partial charge in [0.2, 0.25) is 0 Å². The van der Waals surface area contributed by atoms with Crippen molar-refractivity contribution in [3.8, 4) is 11.4 Å². The minimum absolute atomic E-state index is 0.130. The Morgan fingerprint density at radius 2 is 2.03 bits per heavy atom. The van der Waals surface area contributed by atoms with Gasteiger partial charge in [-0.3, -0.25) is 9.89 Å². The quantitative estimate of drug-likeness (QED) is 0.197. The maximum absolute atomic E-state index is 11.5. The molecule has 9 heteroatoms. The zero-order valence-electron chi connectivity index (χ0n) is 20.3. The molecule has 184 valence electrons. The molecule has 2 aromatic heterocycles. The monoisotopic (exact) mass is 488 g/mol. The highest BCUT2D eigenvalue weighted by atomic mass is 35.5. The third kappa shape index (κ3) is 7.08. The van der Waals surface area contributed by atoms with Crippen molar-refractivity contribution in [2.45, 2.75) is 65.4 Å². The van der Waals surface area contributed by atoms with Crippen molar-refractivity contribution in [3.63, 3.8) is 0 Å². The number of rotatable bonds is 12. The second kappa shape index (κ2) is 12.0. The van der Waals surface area contributed by atoms with E-state index in [4.69, 9.17) is 25.8 Å². The molecular formula is C25H33ClN4O4. The Kier molecular flexibility index (Phi) is 9.12. The Hall–Kier alpha value is -2.84. The molecule has 0 aliphatic carbocycles. The normalized spacial score (nSPS) is 12.0.